The molecule has 0 aromatic heterocycles. The molecule has 0 aromatic rings. The van der Waals surface area contributed by atoms with Crippen molar-refractivity contribution in [2.45, 2.75) is 11.8 Å². The molecule has 0 aliphatic heterocycles. The first kappa shape index (κ1) is 23.3. The van der Waals surface area contributed by atoms with E-state index in [1.807, 2.05) is 0 Å². The Hall–Kier alpha value is 1.33. The monoisotopic (exact) mass is 354 g/mol. The van der Waals surface area contributed by atoms with Crippen LogP contribution >= 0.6 is 34.0 Å². The number of halogens is 2. The van der Waals surface area contributed by atoms with Crippen molar-refractivity contribution in [1.82, 2.24) is 0 Å². The minimum atomic E-state index is 0. The van der Waals surface area contributed by atoms with E-state index in [9.17, 15) is 0 Å². The summed E-state index contributed by atoms with van der Waals surface area (Å²) in [6, 6.07) is 0. The van der Waals surface area contributed by atoms with Gasteiger partial charge >= 0.3 is 26.2 Å². The van der Waals surface area contributed by atoms with Gasteiger partial charge in [-0.2, -0.15) is 0 Å². The summed E-state index contributed by atoms with van der Waals surface area (Å²) < 4.78 is 4.63. The van der Waals surface area contributed by atoms with E-state index in [0.29, 0.717) is 13.2 Å². The maximum atomic E-state index is 8.09. The van der Waals surface area contributed by atoms with E-state index in [-0.39, 0.29) is 47.2 Å². The Bertz CT molecular complexity index is 47.8. The normalized spacial score (nSPS) is 7.33. The molecule has 0 saturated carbocycles. The molecule has 2 N–H and O–H groups in total. The summed E-state index contributed by atoms with van der Waals surface area (Å²) in [6.07, 6.45) is 0. The Morgan fingerprint density at radius 2 is 1.25 bits per heavy atom. The number of hydrogen-bond acceptors (Lipinski definition) is 3. The van der Waals surface area contributed by atoms with Crippen LogP contribution in [0.5, 0.6) is 0 Å². The standard InChI is InChI=1S/C4H10O3.2CH3.2BrH.Ni/c5-1-3-7-4-2-6;;;;;/h5-6H,1-4H2;2*1H3;2*1H;. The van der Waals surface area contributed by atoms with Crippen LogP contribution in [-0.2, 0) is 19.2 Å². The summed E-state index contributed by atoms with van der Waals surface area (Å²) in [5.74, 6) is 4.12. The molecule has 0 spiro atoms. The minimum absolute atomic E-state index is 0. The summed E-state index contributed by atoms with van der Waals surface area (Å²) in [6.45, 7) is 0.696. The van der Waals surface area contributed by atoms with E-state index in [1.54, 1.807) is 14.4 Å². The van der Waals surface area contributed by atoms with Gasteiger partial charge in [-0.1, -0.05) is 0 Å². The topological polar surface area (TPSA) is 49.7 Å². The van der Waals surface area contributed by atoms with Gasteiger partial charge in [0.1, 0.15) is 0 Å². The molecule has 0 saturated heterocycles. The molecule has 0 aliphatic rings. The van der Waals surface area contributed by atoms with Crippen LogP contribution in [0.1, 0.15) is 0 Å². The van der Waals surface area contributed by atoms with Gasteiger partial charge < -0.3 is 14.9 Å². The second-order valence-electron chi connectivity index (χ2n) is 1.38. The summed E-state index contributed by atoms with van der Waals surface area (Å²) >= 11 is 1.62. The average molecular weight is 357 g/mol. The predicted molar refractivity (Wildman–Crippen MR) is 57.4 cm³/mol. The molecule has 0 aromatic carbocycles. The summed E-state index contributed by atoms with van der Waals surface area (Å²) in [4.78, 5) is 0. The third kappa shape index (κ3) is 42.5. The van der Waals surface area contributed by atoms with E-state index in [1.165, 1.54) is 0 Å². The fourth-order valence-corrected chi connectivity index (χ4v) is 0.231. The van der Waals surface area contributed by atoms with Crippen LogP contribution in [0.3, 0.4) is 0 Å². The van der Waals surface area contributed by atoms with Crippen molar-refractivity contribution in [2.24, 2.45) is 0 Å². The second-order valence-corrected chi connectivity index (χ2v) is 2.36. The number of aliphatic hydroxyl groups excluding tert-OH is 2. The van der Waals surface area contributed by atoms with Gasteiger partial charge in [0.05, 0.1) is 26.4 Å². The maximum absolute atomic E-state index is 8.09. The Kier molecular flexibility index (Phi) is 57.2. The first-order valence-electron chi connectivity index (χ1n) is 2.84. The Morgan fingerprint density at radius 3 is 1.42 bits per heavy atom. The molecule has 0 fully saturated rings. The second kappa shape index (κ2) is 29.5. The van der Waals surface area contributed by atoms with Crippen LogP contribution < -0.4 is 0 Å². The van der Waals surface area contributed by atoms with Crippen molar-refractivity contribution in [2.75, 3.05) is 26.4 Å². The van der Waals surface area contributed by atoms with Crippen molar-refractivity contribution in [3.05, 3.63) is 0 Å². The molecule has 0 atom stereocenters. The van der Waals surface area contributed by atoms with Crippen molar-refractivity contribution < 1.29 is 29.4 Å². The van der Waals surface area contributed by atoms with Gasteiger partial charge in [-0.25, -0.2) is 0 Å². The van der Waals surface area contributed by atoms with Gasteiger partial charge in [-0.05, 0) is 0 Å². The molecule has 6 heteroatoms. The molecule has 0 radical (unpaired) electrons. The molecule has 0 aliphatic carbocycles. The van der Waals surface area contributed by atoms with Crippen LogP contribution in [0.2, 0.25) is 11.8 Å². The SMILES string of the molecule is Br.Br.OCCOCCO.[CH3][Ni][CH3]. The third-order valence-corrected chi connectivity index (χ3v) is 0.471. The number of ether oxygens (including phenoxy) is 1. The molecular weight excluding hydrogens is 339 g/mol. The predicted octanol–water partition coefficient (Wildman–Crippen LogP) is 1.31. The number of rotatable bonds is 4. The van der Waals surface area contributed by atoms with Crippen molar-refractivity contribution in [3.8, 4) is 0 Å². The molecule has 0 rings (SSSR count). The van der Waals surface area contributed by atoms with Gasteiger partial charge in [0, 0.05) is 0 Å². The Morgan fingerprint density at radius 1 is 1.00 bits per heavy atom. The van der Waals surface area contributed by atoms with E-state index in [0.717, 1.165) is 0 Å². The number of hydrogen-bond donors (Lipinski definition) is 2. The van der Waals surface area contributed by atoms with Crippen molar-refractivity contribution in [1.29, 1.82) is 0 Å². The fourth-order valence-electron chi connectivity index (χ4n) is 0.231. The quantitative estimate of drug-likeness (QED) is 0.590. The van der Waals surface area contributed by atoms with E-state index in [4.69, 9.17) is 10.2 Å². The van der Waals surface area contributed by atoms with Crippen molar-refractivity contribution in [3.63, 3.8) is 0 Å². The third-order valence-electron chi connectivity index (χ3n) is 0.471. The summed E-state index contributed by atoms with van der Waals surface area (Å²) in [5, 5.41) is 16.2. The molecule has 0 bridgehead atoms. The van der Waals surface area contributed by atoms with Gasteiger partial charge in [0.15, 0.2) is 0 Å². The molecule has 3 nitrogen and oxygen atoms in total. The van der Waals surface area contributed by atoms with Gasteiger partial charge in [-0.3, -0.25) is 0 Å². The van der Waals surface area contributed by atoms with E-state index < -0.39 is 0 Å². The van der Waals surface area contributed by atoms with Crippen molar-refractivity contribution >= 4 is 34.0 Å². The molecule has 0 unspecified atom stereocenters. The first-order valence-corrected chi connectivity index (χ1v) is 4.82. The first-order chi connectivity index (χ1) is 4.83. The average Bonchev–Trinajstić information content (AvgIpc) is 1.91. The van der Waals surface area contributed by atoms with Crippen LogP contribution in [0, 0.1) is 0 Å². The Labute approximate surface area is 101 Å². The van der Waals surface area contributed by atoms with Gasteiger partial charge in [0.2, 0.25) is 0 Å². The zero-order valence-electron chi connectivity index (χ0n) is 7.26. The van der Waals surface area contributed by atoms with Crippen LogP contribution in [0.15, 0.2) is 0 Å². The molecule has 12 heavy (non-hydrogen) atoms. The number of aliphatic hydroxyl groups is 2. The van der Waals surface area contributed by atoms with Gasteiger partial charge in [0.25, 0.3) is 0 Å². The Balaban J connectivity index is -0.0000000569. The van der Waals surface area contributed by atoms with Gasteiger partial charge in [-0.15, -0.1) is 34.0 Å². The molecule has 0 amide bonds. The van der Waals surface area contributed by atoms with E-state index >= 15 is 0 Å². The molecular formula is C6H18Br2NiO3. The van der Waals surface area contributed by atoms with E-state index in [2.05, 4.69) is 16.5 Å². The summed E-state index contributed by atoms with van der Waals surface area (Å²) in [7, 11) is 0. The summed E-state index contributed by atoms with van der Waals surface area (Å²) in [5.41, 5.74) is 0. The van der Waals surface area contributed by atoms with Crippen LogP contribution in [0.4, 0.5) is 0 Å². The zero-order valence-corrected chi connectivity index (χ0v) is 11.7. The zero-order chi connectivity index (χ0) is 8.24. The van der Waals surface area contributed by atoms with Crippen LogP contribution in [0.25, 0.3) is 0 Å². The molecule has 0 heterocycles. The molecule has 84 valence electrons. The van der Waals surface area contributed by atoms with Crippen LogP contribution in [-0.4, -0.2) is 36.6 Å². The fraction of sp³-hybridized carbons (Fsp3) is 1.00.